The van der Waals surface area contributed by atoms with Crippen molar-refractivity contribution in [3.8, 4) is 5.69 Å². The summed E-state index contributed by atoms with van der Waals surface area (Å²) in [4.78, 5) is 12.7. The summed E-state index contributed by atoms with van der Waals surface area (Å²) in [6.45, 7) is 1.61. The number of hydrogen-bond donors (Lipinski definition) is 2. The monoisotopic (exact) mass is 369 g/mol. The van der Waals surface area contributed by atoms with E-state index in [0.717, 1.165) is 11.3 Å². The maximum absolute atomic E-state index is 14.2. The summed E-state index contributed by atoms with van der Waals surface area (Å²) in [6, 6.07) is 10.6. The number of amides is 1. The summed E-state index contributed by atoms with van der Waals surface area (Å²) in [6.07, 6.45) is 2.09. The number of carbonyl (C=O) groups is 1. The number of rotatable bonds is 3. The van der Waals surface area contributed by atoms with Crippen LogP contribution >= 0.6 is 0 Å². The first kappa shape index (κ1) is 17.4. The Labute approximate surface area is 154 Å². The number of fused-ring (bicyclic) bond motifs is 1. The van der Waals surface area contributed by atoms with Gasteiger partial charge < -0.3 is 0 Å². The Morgan fingerprint density at radius 1 is 1.22 bits per heavy atom. The van der Waals surface area contributed by atoms with Gasteiger partial charge in [0, 0.05) is 12.1 Å². The third kappa shape index (κ3) is 2.62. The molecule has 1 aliphatic rings. The molecule has 1 aromatic heterocycles. The fourth-order valence-electron chi connectivity index (χ4n) is 3.95. The molecule has 1 aliphatic carbocycles. The predicted octanol–water partition coefficient (Wildman–Crippen LogP) is 3.00. The van der Waals surface area contributed by atoms with Crippen molar-refractivity contribution in [2.75, 3.05) is 0 Å². The molecule has 7 heteroatoms. The van der Waals surface area contributed by atoms with E-state index < -0.39 is 23.0 Å². The summed E-state index contributed by atoms with van der Waals surface area (Å²) in [7, 11) is 0. The van der Waals surface area contributed by atoms with Crippen molar-refractivity contribution in [2.45, 2.75) is 25.2 Å². The number of hydrogen-bond acceptors (Lipinski definition) is 3. The maximum atomic E-state index is 14.2. The first-order valence-electron chi connectivity index (χ1n) is 8.48. The fourth-order valence-corrected chi connectivity index (χ4v) is 3.95. The molecule has 0 aliphatic heterocycles. The van der Waals surface area contributed by atoms with Crippen molar-refractivity contribution < 1.29 is 18.8 Å². The Hall–Kier alpha value is -3.06. The molecule has 0 spiro atoms. The van der Waals surface area contributed by atoms with Crippen molar-refractivity contribution in [3.05, 3.63) is 82.7 Å². The van der Waals surface area contributed by atoms with Gasteiger partial charge in [0.15, 0.2) is 0 Å². The van der Waals surface area contributed by atoms with E-state index >= 15 is 0 Å². The maximum Gasteiger partial charge on any atom is 0.254 e. The second-order valence-electron chi connectivity index (χ2n) is 6.80. The fraction of sp³-hybridized carbons (Fsp3) is 0.200. The number of carbonyl (C=O) groups excluding carboxylic acids is 1. The van der Waals surface area contributed by atoms with Gasteiger partial charge in [-0.1, -0.05) is 18.2 Å². The van der Waals surface area contributed by atoms with Crippen LogP contribution in [-0.2, 0) is 23.1 Å². The minimum Gasteiger partial charge on any atom is -0.289 e. The highest BCUT2D eigenvalue weighted by molar-refractivity contribution is 5.89. The van der Waals surface area contributed by atoms with Crippen LogP contribution in [-0.4, -0.2) is 20.9 Å². The highest BCUT2D eigenvalue weighted by atomic mass is 19.1. The molecule has 2 aromatic carbocycles. The highest BCUT2D eigenvalue weighted by Gasteiger charge is 2.48. The Morgan fingerprint density at radius 3 is 2.74 bits per heavy atom. The van der Waals surface area contributed by atoms with Gasteiger partial charge in [0.2, 0.25) is 0 Å². The first-order chi connectivity index (χ1) is 13.0. The summed E-state index contributed by atoms with van der Waals surface area (Å²) in [5.74, 6) is -1.42. The van der Waals surface area contributed by atoms with Crippen molar-refractivity contribution >= 4 is 5.91 Å². The molecular formula is C20H17F2N3O2. The van der Waals surface area contributed by atoms with E-state index in [1.807, 2.05) is 0 Å². The smallest absolute Gasteiger partial charge is 0.254 e. The minimum atomic E-state index is -1.16. The number of halogens is 2. The van der Waals surface area contributed by atoms with E-state index in [4.69, 9.17) is 0 Å². The van der Waals surface area contributed by atoms with Gasteiger partial charge in [0.05, 0.1) is 17.3 Å². The molecule has 27 heavy (non-hydrogen) atoms. The SMILES string of the molecule is Cc1c(F)cccc1C1(C(=O)NO)Cc2cnn(-c3cccc(F)c3)c2C1. The number of hydroxylamine groups is 1. The molecule has 3 aromatic rings. The summed E-state index contributed by atoms with van der Waals surface area (Å²) in [5, 5.41) is 13.7. The number of aromatic nitrogens is 2. The van der Waals surface area contributed by atoms with Crippen LogP contribution in [0.1, 0.15) is 22.4 Å². The van der Waals surface area contributed by atoms with Gasteiger partial charge in [0.25, 0.3) is 5.91 Å². The standard InChI is InChI=1S/C20H17F2N3O2/c1-12-16(6-3-7-17(12)22)20(19(26)24-27)9-13-11-23-25(18(13)10-20)15-5-2-4-14(21)8-15/h2-8,11,27H,9-10H2,1H3,(H,24,26). The van der Waals surface area contributed by atoms with Crippen LogP contribution in [0, 0.1) is 18.6 Å². The van der Waals surface area contributed by atoms with Crippen molar-refractivity contribution in [1.82, 2.24) is 15.3 Å². The molecule has 138 valence electrons. The molecule has 1 atom stereocenters. The molecule has 0 radical (unpaired) electrons. The molecule has 1 heterocycles. The zero-order valence-electron chi connectivity index (χ0n) is 14.5. The highest BCUT2D eigenvalue weighted by Crippen LogP contribution is 2.42. The lowest BCUT2D eigenvalue weighted by molar-refractivity contribution is -0.135. The number of nitrogens with zero attached hydrogens (tertiary/aromatic N) is 2. The van der Waals surface area contributed by atoms with Gasteiger partial charge in [-0.2, -0.15) is 5.10 Å². The molecule has 0 saturated heterocycles. The largest absolute Gasteiger partial charge is 0.289 e. The van der Waals surface area contributed by atoms with Gasteiger partial charge in [-0.05, 0) is 54.3 Å². The third-order valence-corrected chi connectivity index (χ3v) is 5.29. The molecule has 5 nitrogen and oxygen atoms in total. The summed E-state index contributed by atoms with van der Waals surface area (Å²) < 4.78 is 29.4. The Bertz CT molecular complexity index is 1050. The molecule has 1 amide bonds. The van der Waals surface area contributed by atoms with Crippen LogP contribution in [0.3, 0.4) is 0 Å². The zero-order chi connectivity index (χ0) is 19.2. The second kappa shape index (κ2) is 6.28. The average Bonchev–Trinajstić information content (AvgIpc) is 3.21. The van der Waals surface area contributed by atoms with Crippen LogP contribution in [0.15, 0.2) is 48.7 Å². The quantitative estimate of drug-likeness (QED) is 0.551. The normalized spacial score (nSPS) is 18.4. The van der Waals surface area contributed by atoms with E-state index in [2.05, 4.69) is 5.10 Å². The summed E-state index contributed by atoms with van der Waals surface area (Å²) in [5.41, 5.74) is 3.50. The predicted molar refractivity (Wildman–Crippen MR) is 93.7 cm³/mol. The van der Waals surface area contributed by atoms with Crippen LogP contribution in [0.5, 0.6) is 0 Å². The van der Waals surface area contributed by atoms with Gasteiger partial charge in [-0.3, -0.25) is 10.0 Å². The van der Waals surface area contributed by atoms with E-state index in [-0.39, 0.29) is 12.8 Å². The van der Waals surface area contributed by atoms with E-state index in [1.165, 1.54) is 18.2 Å². The van der Waals surface area contributed by atoms with Gasteiger partial charge in [-0.15, -0.1) is 0 Å². The molecule has 4 rings (SSSR count). The van der Waals surface area contributed by atoms with Crippen molar-refractivity contribution in [1.29, 1.82) is 0 Å². The van der Waals surface area contributed by atoms with Crippen LogP contribution in [0.25, 0.3) is 5.69 Å². The van der Waals surface area contributed by atoms with Gasteiger partial charge in [0.1, 0.15) is 11.6 Å². The third-order valence-electron chi connectivity index (χ3n) is 5.29. The van der Waals surface area contributed by atoms with Gasteiger partial charge in [-0.25, -0.2) is 18.9 Å². The van der Waals surface area contributed by atoms with E-state index in [9.17, 15) is 18.8 Å². The van der Waals surface area contributed by atoms with Crippen molar-refractivity contribution in [2.24, 2.45) is 0 Å². The average molecular weight is 369 g/mol. The number of benzene rings is 2. The topological polar surface area (TPSA) is 67.2 Å². The lowest BCUT2D eigenvalue weighted by Gasteiger charge is -2.29. The van der Waals surface area contributed by atoms with Crippen molar-refractivity contribution in [3.63, 3.8) is 0 Å². The summed E-state index contributed by atoms with van der Waals surface area (Å²) >= 11 is 0. The lowest BCUT2D eigenvalue weighted by Crippen LogP contribution is -2.45. The second-order valence-corrected chi connectivity index (χ2v) is 6.80. The molecule has 2 N–H and O–H groups in total. The zero-order valence-corrected chi connectivity index (χ0v) is 14.5. The molecular weight excluding hydrogens is 352 g/mol. The molecule has 0 saturated carbocycles. The van der Waals surface area contributed by atoms with Crippen LogP contribution in [0.4, 0.5) is 8.78 Å². The number of nitrogens with one attached hydrogen (secondary N) is 1. The van der Waals surface area contributed by atoms with Gasteiger partial charge >= 0.3 is 0 Å². The van der Waals surface area contributed by atoms with E-state index in [0.29, 0.717) is 16.8 Å². The lowest BCUT2D eigenvalue weighted by atomic mass is 9.75. The Kier molecular flexibility index (Phi) is 4.04. The molecule has 0 bridgehead atoms. The van der Waals surface area contributed by atoms with Crippen LogP contribution < -0.4 is 5.48 Å². The van der Waals surface area contributed by atoms with Crippen LogP contribution in [0.2, 0.25) is 0 Å². The molecule has 0 fully saturated rings. The Balaban J connectivity index is 1.85. The molecule has 1 unspecified atom stereocenters. The van der Waals surface area contributed by atoms with E-state index in [1.54, 1.807) is 47.5 Å². The first-order valence-corrected chi connectivity index (χ1v) is 8.48. The minimum absolute atomic E-state index is 0.204. The Morgan fingerprint density at radius 2 is 2.00 bits per heavy atom.